The molecule has 0 bridgehead atoms. The van der Waals surface area contributed by atoms with Crippen molar-refractivity contribution >= 4 is 17.5 Å². The fourth-order valence-corrected chi connectivity index (χ4v) is 3.07. The van der Waals surface area contributed by atoms with Gasteiger partial charge in [-0.2, -0.15) is 5.10 Å². The molecule has 6 heteroatoms. The molecule has 2 heterocycles. The minimum atomic E-state index is -0.00981. The van der Waals surface area contributed by atoms with E-state index in [0.717, 1.165) is 31.7 Å². The molecule has 1 fully saturated rings. The van der Waals surface area contributed by atoms with Gasteiger partial charge in [-0.3, -0.25) is 4.79 Å². The van der Waals surface area contributed by atoms with Crippen LogP contribution < -0.4 is 5.32 Å². The first-order valence-electron chi connectivity index (χ1n) is 7.43. The van der Waals surface area contributed by atoms with E-state index >= 15 is 0 Å². The standard InChI is InChI=1S/C16H19ClN4O/c1-18-10-12-6-8-20(11-12)16(22)14-7-9-21(19-14)15-5-3-2-4-13(15)17/h2-5,7,9,12,18H,6,8,10-11H2,1H3/t12-/m1/s1. The van der Waals surface area contributed by atoms with Gasteiger partial charge in [-0.05, 0) is 44.1 Å². The van der Waals surface area contributed by atoms with Gasteiger partial charge in [0.15, 0.2) is 5.69 Å². The molecular formula is C16H19ClN4O. The second kappa shape index (κ2) is 6.50. The lowest BCUT2D eigenvalue weighted by Gasteiger charge is -2.15. The Morgan fingerprint density at radius 3 is 3.00 bits per heavy atom. The summed E-state index contributed by atoms with van der Waals surface area (Å²) in [6, 6.07) is 9.20. The van der Waals surface area contributed by atoms with Crippen LogP contribution in [0.3, 0.4) is 0 Å². The lowest BCUT2D eigenvalue weighted by atomic mass is 10.1. The highest BCUT2D eigenvalue weighted by Gasteiger charge is 2.27. The van der Waals surface area contributed by atoms with Crippen molar-refractivity contribution in [2.24, 2.45) is 5.92 Å². The topological polar surface area (TPSA) is 50.2 Å². The molecule has 1 aromatic heterocycles. The second-order valence-electron chi connectivity index (χ2n) is 5.56. The van der Waals surface area contributed by atoms with Gasteiger partial charge in [-0.15, -0.1) is 0 Å². The molecule has 116 valence electrons. The summed E-state index contributed by atoms with van der Waals surface area (Å²) in [5, 5.41) is 8.16. The predicted octanol–water partition coefficient (Wildman–Crippen LogP) is 2.21. The van der Waals surface area contributed by atoms with E-state index in [4.69, 9.17) is 11.6 Å². The quantitative estimate of drug-likeness (QED) is 0.940. The molecule has 0 unspecified atom stereocenters. The zero-order valence-corrected chi connectivity index (χ0v) is 13.3. The molecule has 1 aliphatic rings. The Morgan fingerprint density at radius 1 is 1.41 bits per heavy atom. The van der Waals surface area contributed by atoms with Crippen LogP contribution >= 0.6 is 11.6 Å². The lowest BCUT2D eigenvalue weighted by molar-refractivity contribution is 0.0781. The van der Waals surface area contributed by atoms with Crippen molar-refractivity contribution in [2.45, 2.75) is 6.42 Å². The van der Waals surface area contributed by atoms with Gasteiger partial charge in [0.25, 0.3) is 5.91 Å². The summed E-state index contributed by atoms with van der Waals surface area (Å²) in [6.07, 6.45) is 2.81. The summed E-state index contributed by atoms with van der Waals surface area (Å²) in [5.74, 6) is 0.518. The maximum absolute atomic E-state index is 12.5. The summed E-state index contributed by atoms with van der Waals surface area (Å²) in [6.45, 7) is 2.53. The van der Waals surface area contributed by atoms with Crippen LogP contribution in [0.5, 0.6) is 0 Å². The molecule has 5 nitrogen and oxygen atoms in total. The highest BCUT2D eigenvalue weighted by atomic mass is 35.5. The molecule has 3 rings (SSSR count). The Labute approximate surface area is 134 Å². The Bertz CT molecular complexity index is 670. The number of hydrogen-bond donors (Lipinski definition) is 1. The van der Waals surface area contributed by atoms with Gasteiger partial charge in [-0.1, -0.05) is 23.7 Å². The van der Waals surface area contributed by atoms with Crippen LogP contribution in [0, 0.1) is 5.92 Å². The van der Waals surface area contributed by atoms with E-state index in [2.05, 4.69) is 10.4 Å². The van der Waals surface area contributed by atoms with Crippen LogP contribution in [0.2, 0.25) is 5.02 Å². The lowest BCUT2D eigenvalue weighted by Crippen LogP contribution is -2.30. The molecule has 22 heavy (non-hydrogen) atoms. The highest BCUT2D eigenvalue weighted by molar-refractivity contribution is 6.32. The van der Waals surface area contributed by atoms with Crippen LogP contribution in [0.4, 0.5) is 0 Å². The van der Waals surface area contributed by atoms with Crippen molar-refractivity contribution < 1.29 is 4.79 Å². The van der Waals surface area contributed by atoms with Gasteiger partial charge < -0.3 is 10.2 Å². The predicted molar refractivity (Wildman–Crippen MR) is 86.5 cm³/mol. The number of carbonyl (C=O) groups is 1. The van der Waals surface area contributed by atoms with Crippen molar-refractivity contribution in [1.82, 2.24) is 20.0 Å². The Balaban J connectivity index is 1.74. The van der Waals surface area contributed by atoms with Crippen LogP contribution in [-0.4, -0.2) is 47.3 Å². The third-order valence-electron chi connectivity index (χ3n) is 3.97. The maximum Gasteiger partial charge on any atom is 0.274 e. The second-order valence-corrected chi connectivity index (χ2v) is 5.97. The van der Waals surface area contributed by atoms with Gasteiger partial charge >= 0.3 is 0 Å². The molecule has 1 atom stereocenters. The number of carbonyl (C=O) groups excluding carboxylic acids is 1. The summed E-state index contributed by atoms with van der Waals surface area (Å²) in [4.78, 5) is 14.4. The van der Waals surface area contributed by atoms with Gasteiger partial charge in [0, 0.05) is 19.3 Å². The van der Waals surface area contributed by atoms with Crippen LogP contribution in [0.15, 0.2) is 36.5 Å². The number of likely N-dealkylation sites (tertiary alicyclic amines) is 1. The molecule has 0 radical (unpaired) electrons. The molecule has 0 spiro atoms. The number of aromatic nitrogens is 2. The van der Waals surface area contributed by atoms with Gasteiger partial charge in [0.2, 0.25) is 0 Å². The first-order chi connectivity index (χ1) is 10.7. The molecule has 1 N–H and O–H groups in total. The minimum Gasteiger partial charge on any atom is -0.337 e. The van der Waals surface area contributed by atoms with Gasteiger partial charge in [-0.25, -0.2) is 4.68 Å². The molecule has 2 aromatic rings. The smallest absolute Gasteiger partial charge is 0.274 e. The molecule has 0 aliphatic carbocycles. The fourth-order valence-electron chi connectivity index (χ4n) is 2.84. The van der Waals surface area contributed by atoms with Crippen molar-refractivity contribution in [3.63, 3.8) is 0 Å². The number of benzene rings is 1. The maximum atomic E-state index is 12.5. The molecule has 1 saturated heterocycles. The monoisotopic (exact) mass is 318 g/mol. The molecule has 1 aliphatic heterocycles. The largest absolute Gasteiger partial charge is 0.337 e. The van der Waals surface area contributed by atoms with Crippen LogP contribution in [0.1, 0.15) is 16.9 Å². The number of nitrogens with one attached hydrogen (secondary N) is 1. The molecule has 1 aromatic carbocycles. The normalized spacial score (nSPS) is 17.9. The Kier molecular flexibility index (Phi) is 4.45. The summed E-state index contributed by atoms with van der Waals surface area (Å²) < 4.78 is 1.65. The number of nitrogens with zero attached hydrogens (tertiary/aromatic N) is 3. The Morgan fingerprint density at radius 2 is 2.23 bits per heavy atom. The van der Waals surface area contributed by atoms with Crippen molar-refractivity contribution in [2.75, 3.05) is 26.7 Å². The van der Waals surface area contributed by atoms with E-state index in [1.165, 1.54) is 0 Å². The number of para-hydroxylation sites is 1. The molecular weight excluding hydrogens is 300 g/mol. The number of halogens is 1. The fraction of sp³-hybridized carbons (Fsp3) is 0.375. The van der Waals surface area contributed by atoms with Crippen LogP contribution in [0.25, 0.3) is 5.69 Å². The van der Waals surface area contributed by atoms with Gasteiger partial charge in [0.1, 0.15) is 0 Å². The zero-order valence-electron chi connectivity index (χ0n) is 12.5. The number of hydrogen-bond acceptors (Lipinski definition) is 3. The third-order valence-corrected chi connectivity index (χ3v) is 4.29. The molecule has 1 amide bonds. The van der Waals surface area contributed by atoms with E-state index in [-0.39, 0.29) is 5.91 Å². The first-order valence-corrected chi connectivity index (χ1v) is 7.81. The van der Waals surface area contributed by atoms with E-state index < -0.39 is 0 Å². The summed E-state index contributed by atoms with van der Waals surface area (Å²) in [7, 11) is 1.94. The Hall–Kier alpha value is -1.85. The van der Waals surface area contributed by atoms with E-state index in [0.29, 0.717) is 16.6 Å². The average Bonchev–Trinajstić information content (AvgIpc) is 3.17. The SMILES string of the molecule is CNC[C@H]1CCN(C(=O)c2ccn(-c3ccccc3Cl)n2)C1. The zero-order chi connectivity index (χ0) is 15.5. The number of rotatable bonds is 4. The van der Waals surface area contributed by atoms with Crippen molar-refractivity contribution in [3.05, 3.63) is 47.2 Å². The van der Waals surface area contributed by atoms with Crippen molar-refractivity contribution in [1.29, 1.82) is 0 Å². The van der Waals surface area contributed by atoms with Gasteiger partial charge in [0.05, 0.1) is 10.7 Å². The first kappa shape index (κ1) is 15.1. The van der Waals surface area contributed by atoms with Crippen molar-refractivity contribution in [3.8, 4) is 5.69 Å². The third kappa shape index (κ3) is 3.00. The van der Waals surface area contributed by atoms with Crippen LogP contribution in [-0.2, 0) is 0 Å². The van der Waals surface area contributed by atoms with E-state index in [1.54, 1.807) is 16.9 Å². The average molecular weight is 319 g/mol. The highest BCUT2D eigenvalue weighted by Crippen LogP contribution is 2.21. The number of amides is 1. The molecule has 0 saturated carbocycles. The minimum absolute atomic E-state index is 0.00981. The van der Waals surface area contributed by atoms with E-state index in [1.807, 2.05) is 36.2 Å². The summed E-state index contributed by atoms with van der Waals surface area (Å²) >= 11 is 6.17. The van der Waals surface area contributed by atoms with E-state index in [9.17, 15) is 4.79 Å². The summed E-state index contributed by atoms with van der Waals surface area (Å²) in [5.41, 5.74) is 1.24.